The highest BCUT2D eigenvalue weighted by Crippen LogP contribution is 2.34. The van der Waals surface area contributed by atoms with Crippen LogP contribution in [-0.2, 0) is 24.8 Å². The standard InChI is InChI=1S/C24H21N3O4S.C23H19N3O4S.CH4O/c1-27(32(3,29)30)19-12-9-17(10-13-19)23-22(16-7-5-4-6-8-16)25-20-14-11-18(24(28)31-2)15-21(20)26-23;1-26(31(2,29)30)18-11-8-16(9-12-18)22-21(15-6-4-3-5-7-15)24-19-13-10-17(23(27)28)14-20(19)25-22;1-2/h4-15H,1-3H3;3-14H,1-2H3,(H,27,28);2H,1H3. The van der Waals surface area contributed by atoms with E-state index in [0.29, 0.717) is 61.8 Å². The van der Waals surface area contributed by atoms with Crippen molar-refractivity contribution in [3.8, 4) is 45.0 Å². The van der Waals surface area contributed by atoms with Gasteiger partial charge in [0.2, 0.25) is 20.0 Å². The third kappa shape index (κ3) is 10.8. The number of carbonyl (C=O) groups is 2. The van der Waals surface area contributed by atoms with Crippen LogP contribution in [0.2, 0.25) is 0 Å². The molecule has 332 valence electrons. The van der Waals surface area contributed by atoms with Crippen molar-refractivity contribution < 1.29 is 41.4 Å². The van der Waals surface area contributed by atoms with E-state index in [4.69, 9.17) is 29.8 Å². The first-order chi connectivity index (χ1) is 31.0. The summed E-state index contributed by atoms with van der Waals surface area (Å²) in [4.78, 5) is 42.5. The number of aromatic carboxylic acids is 1. The highest BCUT2D eigenvalue weighted by atomic mass is 32.2. The Bertz CT molecular complexity index is 3230. The minimum absolute atomic E-state index is 0.130. The number of ether oxygens (including phenoxy) is 1. The molecule has 0 aliphatic rings. The lowest BCUT2D eigenvalue weighted by Crippen LogP contribution is -2.24. The molecule has 0 aliphatic heterocycles. The highest BCUT2D eigenvalue weighted by Gasteiger charge is 2.19. The molecular formula is C48H44N6O9S2. The molecule has 15 nitrogen and oxygen atoms in total. The lowest BCUT2D eigenvalue weighted by Gasteiger charge is -2.17. The highest BCUT2D eigenvalue weighted by molar-refractivity contribution is 7.92. The molecule has 2 heterocycles. The van der Waals surface area contributed by atoms with Gasteiger partial charge in [-0.15, -0.1) is 0 Å². The van der Waals surface area contributed by atoms with Crippen LogP contribution in [0.4, 0.5) is 11.4 Å². The third-order valence-electron chi connectivity index (χ3n) is 10.1. The van der Waals surface area contributed by atoms with Crippen LogP contribution < -0.4 is 8.61 Å². The first-order valence-corrected chi connectivity index (χ1v) is 23.3. The molecule has 8 rings (SSSR count). The number of carboxylic acids is 1. The predicted molar refractivity (Wildman–Crippen MR) is 254 cm³/mol. The van der Waals surface area contributed by atoms with Crippen LogP contribution in [0.1, 0.15) is 20.7 Å². The average molecular weight is 913 g/mol. The Labute approximate surface area is 376 Å². The number of benzene rings is 6. The van der Waals surface area contributed by atoms with E-state index in [1.807, 2.05) is 72.8 Å². The van der Waals surface area contributed by atoms with Crippen LogP contribution in [0.3, 0.4) is 0 Å². The van der Waals surface area contributed by atoms with Crippen LogP contribution in [0, 0.1) is 0 Å². The van der Waals surface area contributed by atoms with Crippen molar-refractivity contribution in [2.45, 2.75) is 0 Å². The van der Waals surface area contributed by atoms with Crippen molar-refractivity contribution >= 4 is 65.4 Å². The Kier molecular flexibility index (Phi) is 14.3. The summed E-state index contributed by atoms with van der Waals surface area (Å²) in [7, 11) is -1.42. The summed E-state index contributed by atoms with van der Waals surface area (Å²) in [6.45, 7) is 0. The van der Waals surface area contributed by atoms with Crippen LogP contribution in [-0.4, -0.2) is 99.7 Å². The van der Waals surface area contributed by atoms with Crippen molar-refractivity contribution in [3.05, 3.63) is 157 Å². The zero-order valence-corrected chi connectivity index (χ0v) is 37.7. The second-order valence-corrected chi connectivity index (χ2v) is 18.4. The zero-order valence-electron chi connectivity index (χ0n) is 36.1. The van der Waals surface area contributed by atoms with Gasteiger partial charge < -0.3 is 14.9 Å². The number of carboxylic acid groups (broad SMARTS) is 1. The number of rotatable bonds is 10. The first kappa shape index (κ1) is 46.9. The van der Waals surface area contributed by atoms with E-state index in [9.17, 15) is 31.5 Å². The SMILES string of the molecule is CN(c1ccc(-c2nc3cc(C(=O)O)ccc3nc2-c2ccccc2)cc1)S(C)(=O)=O.CO.COC(=O)c1ccc2nc(-c3ccccc3)c(-c3ccc(N(C)S(C)(=O)=O)cc3)nc2c1. The fourth-order valence-corrected chi connectivity index (χ4v) is 7.53. The first-order valence-electron chi connectivity index (χ1n) is 19.6. The molecule has 0 radical (unpaired) electrons. The quantitative estimate of drug-likeness (QED) is 0.126. The summed E-state index contributed by atoms with van der Waals surface area (Å²) in [6, 6.07) is 43.0. The molecule has 0 bridgehead atoms. The van der Waals surface area contributed by atoms with Gasteiger partial charge in [0.25, 0.3) is 0 Å². The summed E-state index contributed by atoms with van der Waals surface area (Å²) >= 11 is 0. The number of carbonyl (C=O) groups excluding carboxylic acids is 1. The number of methoxy groups -OCH3 is 1. The Hall–Kier alpha value is -7.60. The predicted octanol–water partition coefficient (Wildman–Crippen LogP) is 7.81. The number of esters is 1. The Morgan fingerprint density at radius 3 is 1.14 bits per heavy atom. The van der Waals surface area contributed by atoms with Gasteiger partial charge >= 0.3 is 11.9 Å². The topological polar surface area (TPSA) is 210 Å². The van der Waals surface area contributed by atoms with Crippen molar-refractivity contribution in [3.63, 3.8) is 0 Å². The molecule has 0 amide bonds. The van der Waals surface area contributed by atoms with Crippen molar-refractivity contribution in [1.82, 2.24) is 19.9 Å². The molecule has 0 aliphatic carbocycles. The molecule has 0 saturated carbocycles. The second-order valence-electron chi connectivity index (χ2n) is 14.3. The minimum atomic E-state index is -3.38. The number of hydrogen-bond donors (Lipinski definition) is 2. The summed E-state index contributed by atoms with van der Waals surface area (Å²) in [5, 5.41) is 16.3. The van der Waals surface area contributed by atoms with Gasteiger partial charge in [-0.05, 0) is 60.7 Å². The maximum absolute atomic E-state index is 12.0. The Morgan fingerprint density at radius 1 is 0.477 bits per heavy atom. The fourth-order valence-electron chi connectivity index (χ4n) is 6.53. The van der Waals surface area contributed by atoms with Crippen molar-refractivity contribution in [1.29, 1.82) is 0 Å². The fraction of sp³-hybridized carbons (Fsp3) is 0.125. The molecule has 2 N–H and O–H groups in total. The smallest absolute Gasteiger partial charge is 0.337 e. The number of sulfonamides is 2. The number of fused-ring (bicyclic) bond motifs is 2. The molecule has 2 aromatic heterocycles. The molecule has 6 aromatic carbocycles. The van der Waals surface area contributed by atoms with E-state index in [0.717, 1.165) is 41.9 Å². The summed E-state index contributed by atoms with van der Waals surface area (Å²) in [5.74, 6) is -1.49. The van der Waals surface area contributed by atoms with Crippen LogP contribution in [0.25, 0.3) is 67.1 Å². The van der Waals surface area contributed by atoms with Gasteiger partial charge in [0.15, 0.2) is 0 Å². The molecule has 0 saturated heterocycles. The van der Waals surface area contributed by atoms with Gasteiger partial charge in [-0.3, -0.25) is 8.61 Å². The van der Waals surface area contributed by atoms with Gasteiger partial charge in [-0.1, -0.05) is 84.9 Å². The maximum Gasteiger partial charge on any atom is 0.337 e. The van der Waals surface area contributed by atoms with E-state index < -0.39 is 32.0 Å². The van der Waals surface area contributed by atoms with E-state index in [-0.39, 0.29) is 5.56 Å². The zero-order chi connectivity index (χ0) is 47.1. The molecular weight excluding hydrogens is 869 g/mol. The van der Waals surface area contributed by atoms with Crippen LogP contribution in [0.15, 0.2) is 146 Å². The van der Waals surface area contributed by atoms with Gasteiger partial charge in [-0.25, -0.2) is 46.4 Å². The lowest BCUT2D eigenvalue weighted by molar-refractivity contribution is 0.0600. The number of aliphatic hydroxyl groups excluding tert-OH is 1. The van der Waals surface area contributed by atoms with Gasteiger partial charge in [0.05, 0.1) is 87.0 Å². The Morgan fingerprint density at radius 2 is 0.800 bits per heavy atom. The third-order valence-corrected chi connectivity index (χ3v) is 12.5. The van der Waals surface area contributed by atoms with Gasteiger partial charge in [-0.2, -0.15) is 0 Å². The molecule has 0 fully saturated rings. The Balaban J connectivity index is 0.000000208. The van der Waals surface area contributed by atoms with Crippen LogP contribution >= 0.6 is 0 Å². The average Bonchev–Trinajstić information content (AvgIpc) is 3.33. The summed E-state index contributed by atoms with van der Waals surface area (Å²) in [6.07, 6.45) is 2.30. The van der Waals surface area contributed by atoms with Crippen molar-refractivity contribution in [2.24, 2.45) is 0 Å². The molecule has 8 aromatic rings. The molecule has 0 unspecified atom stereocenters. The molecule has 17 heteroatoms. The maximum atomic E-state index is 12.0. The van der Waals surface area contributed by atoms with E-state index in [2.05, 4.69) is 0 Å². The summed E-state index contributed by atoms with van der Waals surface area (Å²) < 4.78 is 54.6. The largest absolute Gasteiger partial charge is 0.478 e. The van der Waals surface area contributed by atoms with E-state index in [1.165, 1.54) is 41.9 Å². The number of nitrogens with zero attached hydrogens (tertiary/aromatic N) is 6. The number of aromatic nitrogens is 4. The van der Waals surface area contributed by atoms with E-state index >= 15 is 0 Å². The van der Waals surface area contributed by atoms with Gasteiger partial charge in [0, 0.05) is 43.5 Å². The summed E-state index contributed by atoms with van der Waals surface area (Å²) in [5.41, 5.74) is 9.64. The van der Waals surface area contributed by atoms with Crippen molar-refractivity contribution in [2.75, 3.05) is 49.4 Å². The normalized spacial score (nSPS) is 11.1. The second kappa shape index (κ2) is 19.8. The number of anilines is 2. The van der Waals surface area contributed by atoms with Crippen LogP contribution in [0.5, 0.6) is 0 Å². The molecule has 65 heavy (non-hydrogen) atoms. The molecule has 0 atom stereocenters. The monoisotopic (exact) mass is 912 g/mol. The molecule has 0 spiro atoms. The minimum Gasteiger partial charge on any atom is -0.478 e. The number of aliphatic hydroxyl groups is 1. The van der Waals surface area contributed by atoms with Gasteiger partial charge in [0.1, 0.15) is 0 Å². The van der Waals surface area contributed by atoms with E-state index in [1.54, 1.807) is 60.7 Å². The lowest BCUT2D eigenvalue weighted by atomic mass is 10.0. The number of hydrogen-bond acceptors (Lipinski definition) is 12.